The van der Waals surface area contributed by atoms with Crippen LogP contribution in [-0.2, 0) is 4.79 Å². The van der Waals surface area contributed by atoms with Gasteiger partial charge < -0.3 is 20.9 Å². The molecule has 2 heterocycles. The van der Waals surface area contributed by atoms with Crippen LogP contribution in [0.4, 0.5) is 21.5 Å². The quantitative estimate of drug-likeness (QED) is 0.729. The number of rotatable bonds is 3. The molecule has 1 fully saturated rings. The Hall–Kier alpha value is -2.86. The molecule has 0 aliphatic carbocycles. The van der Waals surface area contributed by atoms with Crippen molar-refractivity contribution in [2.45, 2.75) is 25.9 Å². The van der Waals surface area contributed by atoms with Crippen LogP contribution in [0.1, 0.15) is 19.4 Å². The number of piperazine rings is 1. The van der Waals surface area contributed by atoms with Gasteiger partial charge in [-0.05, 0) is 50.2 Å². The van der Waals surface area contributed by atoms with Gasteiger partial charge in [0.2, 0.25) is 0 Å². The van der Waals surface area contributed by atoms with E-state index in [2.05, 4.69) is 46.8 Å². The summed E-state index contributed by atoms with van der Waals surface area (Å²) in [4.78, 5) is 14.5. The Kier molecular flexibility index (Phi) is 4.58. The van der Waals surface area contributed by atoms with Gasteiger partial charge in [-0.15, -0.1) is 0 Å². The predicted molar refractivity (Wildman–Crippen MR) is 107 cm³/mol. The number of nitrogens with one attached hydrogen (secondary N) is 3. The lowest BCUT2D eigenvalue weighted by Gasteiger charge is -2.37. The molecule has 5 nitrogen and oxygen atoms in total. The topological polar surface area (TPSA) is 56.4 Å². The van der Waals surface area contributed by atoms with Gasteiger partial charge in [-0.25, -0.2) is 4.39 Å². The van der Waals surface area contributed by atoms with Crippen LogP contribution in [0, 0.1) is 5.82 Å². The van der Waals surface area contributed by atoms with Crippen molar-refractivity contribution in [3.05, 3.63) is 60.0 Å². The van der Waals surface area contributed by atoms with Crippen molar-refractivity contribution in [3.63, 3.8) is 0 Å². The maximum absolute atomic E-state index is 14.1. The summed E-state index contributed by atoms with van der Waals surface area (Å²) in [5, 5.41) is 9.33. The molecule has 0 radical (unpaired) electrons. The number of amides is 1. The summed E-state index contributed by atoms with van der Waals surface area (Å²) in [5.74, 6) is -0.709. The predicted octanol–water partition coefficient (Wildman–Crippen LogP) is 3.42. The minimum Gasteiger partial charge on any atom is -0.368 e. The first-order chi connectivity index (χ1) is 13.0. The molecule has 2 aliphatic heterocycles. The monoisotopic (exact) mass is 366 g/mol. The van der Waals surface area contributed by atoms with Crippen molar-refractivity contribution < 1.29 is 9.18 Å². The molecule has 2 aliphatic rings. The molecule has 2 unspecified atom stereocenters. The fourth-order valence-corrected chi connectivity index (χ4v) is 3.80. The molecular weight excluding hydrogens is 343 g/mol. The van der Waals surface area contributed by atoms with Crippen molar-refractivity contribution in [1.82, 2.24) is 5.32 Å². The van der Waals surface area contributed by atoms with E-state index in [0.29, 0.717) is 28.9 Å². The second-order valence-corrected chi connectivity index (χ2v) is 7.24. The third-order valence-corrected chi connectivity index (χ3v) is 4.95. The largest absolute Gasteiger partial charge is 0.368 e. The van der Waals surface area contributed by atoms with Crippen LogP contribution >= 0.6 is 0 Å². The first kappa shape index (κ1) is 17.5. The van der Waals surface area contributed by atoms with Crippen LogP contribution in [-0.4, -0.2) is 31.1 Å². The summed E-state index contributed by atoms with van der Waals surface area (Å²) in [6, 6.07) is 13.6. The lowest BCUT2D eigenvalue weighted by atomic mass is 10.1. The van der Waals surface area contributed by atoms with Crippen molar-refractivity contribution >= 4 is 28.5 Å². The molecule has 4 rings (SSSR count). The Morgan fingerprint density at radius 2 is 1.81 bits per heavy atom. The number of anilines is 3. The molecule has 6 heteroatoms. The van der Waals surface area contributed by atoms with Crippen LogP contribution in [0.25, 0.3) is 5.57 Å². The van der Waals surface area contributed by atoms with Gasteiger partial charge in [0.1, 0.15) is 5.82 Å². The minimum atomic E-state index is -0.406. The second-order valence-electron chi connectivity index (χ2n) is 7.24. The molecule has 0 saturated carbocycles. The summed E-state index contributed by atoms with van der Waals surface area (Å²) in [7, 11) is 0. The first-order valence-corrected chi connectivity index (χ1v) is 9.19. The zero-order valence-corrected chi connectivity index (χ0v) is 15.4. The lowest BCUT2D eigenvalue weighted by Crippen LogP contribution is -2.54. The third kappa shape index (κ3) is 3.53. The highest BCUT2D eigenvalue weighted by atomic mass is 19.1. The average Bonchev–Trinajstić information content (AvgIpc) is 2.96. The van der Waals surface area contributed by atoms with E-state index in [1.165, 1.54) is 11.8 Å². The number of halogens is 1. The maximum atomic E-state index is 14.1. The van der Waals surface area contributed by atoms with Crippen molar-refractivity contribution in [2.24, 2.45) is 0 Å². The summed E-state index contributed by atoms with van der Waals surface area (Å²) in [6.45, 7) is 6.32. The fourth-order valence-electron chi connectivity index (χ4n) is 3.80. The SMILES string of the molecule is CC1CN(c2ccc(NC=C3C(=O)Nc4cccc(F)c43)cc2)CC(C)N1. The molecule has 2 aromatic carbocycles. The van der Waals surface area contributed by atoms with Crippen molar-refractivity contribution in [2.75, 3.05) is 28.6 Å². The fraction of sp³-hybridized carbons (Fsp3) is 0.286. The van der Waals surface area contributed by atoms with Crippen molar-refractivity contribution in [1.29, 1.82) is 0 Å². The van der Waals surface area contributed by atoms with E-state index < -0.39 is 5.82 Å². The summed E-state index contributed by atoms with van der Waals surface area (Å²) in [6.07, 6.45) is 1.56. The van der Waals surface area contributed by atoms with Gasteiger partial charge in [-0.3, -0.25) is 4.79 Å². The smallest absolute Gasteiger partial charge is 0.257 e. The number of carbonyl (C=O) groups excluding carboxylic acids is 1. The van der Waals surface area contributed by atoms with E-state index in [1.807, 2.05) is 12.1 Å². The molecule has 0 bridgehead atoms. The van der Waals surface area contributed by atoms with Gasteiger partial charge in [0.15, 0.2) is 0 Å². The Labute approximate surface area is 158 Å². The molecule has 27 heavy (non-hydrogen) atoms. The van der Waals surface area contributed by atoms with Crippen LogP contribution in [0.3, 0.4) is 0 Å². The van der Waals surface area contributed by atoms with E-state index >= 15 is 0 Å². The highest BCUT2D eigenvalue weighted by Gasteiger charge is 2.27. The maximum Gasteiger partial charge on any atom is 0.257 e. The number of carbonyl (C=O) groups is 1. The van der Waals surface area contributed by atoms with E-state index in [0.717, 1.165) is 18.8 Å². The number of fused-ring (bicyclic) bond motifs is 1. The molecular formula is C21H23FN4O. The molecule has 140 valence electrons. The number of hydrogen-bond acceptors (Lipinski definition) is 4. The van der Waals surface area contributed by atoms with Gasteiger partial charge in [-0.2, -0.15) is 0 Å². The summed E-state index contributed by atoms with van der Waals surface area (Å²) < 4.78 is 14.1. The number of nitrogens with zero attached hydrogens (tertiary/aromatic N) is 1. The molecule has 2 aromatic rings. The third-order valence-electron chi connectivity index (χ3n) is 4.95. The number of benzene rings is 2. The zero-order valence-electron chi connectivity index (χ0n) is 15.4. The van der Waals surface area contributed by atoms with Gasteiger partial charge in [0, 0.05) is 48.3 Å². The van der Waals surface area contributed by atoms with E-state index in [-0.39, 0.29) is 5.91 Å². The minimum absolute atomic E-state index is 0.303. The van der Waals surface area contributed by atoms with Crippen LogP contribution < -0.4 is 20.9 Å². The van der Waals surface area contributed by atoms with Gasteiger partial charge in [0.25, 0.3) is 5.91 Å². The van der Waals surface area contributed by atoms with Crippen LogP contribution in [0.5, 0.6) is 0 Å². The van der Waals surface area contributed by atoms with Crippen molar-refractivity contribution in [3.8, 4) is 0 Å². The first-order valence-electron chi connectivity index (χ1n) is 9.19. The van der Waals surface area contributed by atoms with Crippen LogP contribution in [0.2, 0.25) is 0 Å². The average molecular weight is 366 g/mol. The molecule has 3 N–H and O–H groups in total. The Morgan fingerprint density at radius 3 is 2.52 bits per heavy atom. The standard InChI is InChI=1S/C21H23FN4O/c1-13-11-26(12-14(2)24-13)16-8-6-15(7-9-16)23-10-17-20-18(22)4-3-5-19(20)25-21(17)27/h3-10,13-14,23-24H,11-12H2,1-2H3,(H,25,27). The van der Waals surface area contributed by atoms with Gasteiger partial charge in [-0.1, -0.05) is 6.07 Å². The molecule has 1 amide bonds. The van der Waals surface area contributed by atoms with E-state index in [9.17, 15) is 9.18 Å². The highest BCUT2D eigenvalue weighted by Crippen LogP contribution is 2.33. The Balaban J connectivity index is 1.50. The molecule has 1 saturated heterocycles. The zero-order chi connectivity index (χ0) is 19.0. The van der Waals surface area contributed by atoms with E-state index in [1.54, 1.807) is 18.3 Å². The molecule has 0 aromatic heterocycles. The summed E-state index contributed by atoms with van der Waals surface area (Å²) in [5.41, 5.74) is 3.14. The van der Waals surface area contributed by atoms with Crippen LogP contribution in [0.15, 0.2) is 48.7 Å². The second kappa shape index (κ2) is 7.04. The van der Waals surface area contributed by atoms with Gasteiger partial charge in [0.05, 0.1) is 11.3 Å². The molecule has 0 spiro atoms. The molecule has 2 atom stereocenters. The lowest BCUT2D eigenvalue weighted by molar-refractivity contribution is -0.110. The number of hydrogen-bond donors (Lipinski definition) is 3. The summed E-state index contributed by atoms with van der Waals surface area (Å²) >= 11 is 0. The van der Waals surface area contributed by atoms with E-state index in [4.69, 9.17) is 0 Å². The Morgan fingerprint density at radius 1 is 1.11 bits per heavy atom. The normalized spacial score (nSPS) is 23.3. The van der Waals surface area contributed by atoms with Gasteiger partial charge >= 0.3 is 0 Å². The highest BCUT2D eigenvalue weighted by molar-refractivity contribution is 6.31. The Bertz CT molecular complexity index is 884.